The van der Waals surface area contributed by atoms with Gasteiger partial charge in [0.05, 0.1) is 19.2 Å². The number of hydrogen-bond donors (Lipinski definition) is 1. The second-order valence-electron chi connectivity index (χ2n) is 4.88. The van der Waals surface area contributed by atoms with Crippen LogP contribution in [0.5, 0.6) is 5.75 Å². The maximum absolute atomic E-state index is 12.3. The number of benzene rings is 2. The number of carbonyl (C=O) groups is 1. The number of ether oxygens (including phenoxy) is 1. The van der Waals surface area contributed by atoms with Gasteiger partial charge in [0.2, 0.25) is 5.91 Å². The van der Waals surface area contributed by atoms with Crippen molar-refractivity contribution in [2.75, 3.05) is 12.4 Å². The summed E-state index contributed by atoms with van der Waals surface area (Å²) < 4.78 is 5.96. The summed E-state index contributed by atoms with van der Waals surface area (Å²) in [7, 11) is 1.62. The number of aromatic nitrogens is 2. The Kier molecular flexibility index (Phi) is 5.45. The molecule has 0 unspecified atom stereocenters. The average molecular weight is 357 g/mol. The maximum Gasteiger partial charge on any atom is 0.228 e. The maximum atomic E-state index is 12.3. The zero-order valence-electron chi connectivity index (χ0n) is 12.9. The Morgan fingerprint density at radius 1 is 1.21 bits per heavy atom. The fraction of sp³-hybridized carbons (Fsp3) is 0.118. The van der Waals surface area contributed by atoms with E-state index in [1.54, 1.807) is 12.6 Å². The fourth-order valence-corrected chi connectivity index (χ4v) is 3.60. The number of hydrogen-bond acceptors (Lipinski definition) is 6. The van der Waals surface area contributed by atoms with E-state index in [9.17, 15) is 4.79 Å². The number of anilines is 1. The molecule has 1 heterocycles. The Balaban J connectivity index is 1.67. The van der Waals surface area contributed by atoms with Crippen LogP contribution in [0, 0.1) is 0 Å². The van der Waals surface area contributed by atoms with E-state index >= 15 is 0 Å². The minimum atomic E-state index is -0.0644. The summed E-state index contributed by atoms with van der Waals surface area (Å²) in [5.74, 6) is 0.712. The van der Waals surface area contributed by atoms with Crippen molar-refractivity contribution in [3.05, 3.63) is 59.6 Å². The van der Waals surface area contributed by atoms with Crippen LogP contribution in [0.3, 0.4) is 0 Å². The Morgan fingerprint density at radius 3 is 2.71 bits per heavy atom. The van der Waals surface area contributed by atoms with Gasteiger partial charge in [-0.15, -0.1) is 10.2 Å². The third-order valence-electron chi connectivity index (χ3n) is 3.22. The Labute approximate surface area is 148 Å². The van der Waals surface area contributed by atoms with Gasteiger partial charge in [-0.25, -0.2) is 0 Å². The van der Waals surface area contributed by atoms with Gasteiger partial charge in [0.25, 0.3) is 0 Å². The zero-order chi connectivity index (χ0) is 16.8. The summed E-state index contributed by atoms with van der Waals surface area (Å²) in [6.45, 7) is 0. The molecule has 3 aromatic rings. The summed E-state index contributed by atoms with van der Waals surface area (Å²) in [6, 6.07) is 15.1. The highest BCUT2D eigenvalue weighted by Gasteiger charge is 2.10. The lowest BCUT2D eigenvalue weighted by atomic mass is 10.1. The van der Waals surface area contributed by atoms with Crippen LogP contribution in [0.4, 0.5) is 5.69 Å². The van der Waals surface area contributed by atoms with E-state index in [0.29, 0.717) is 6.42 Å². The molecule has 0 bridgehead atoms. The molecule has 0 aliphatic heterocycles. The second-order valence-corrected chi connectivity index (χ2v) is 7.00. The first-order valence-corrected chi connectivity index (χ1v) is 8.90. The van der Waals surface area contributed by atoms with Crippen LogP contribution < -0.4 is 10.1 Å². The van der Waals surface area contributed by atoms with Crippen molar-refractivity contribution < 1.29 is 9.53 Å². The van der Waals surface area contributed by atoms with E-state index in [1.807, 2.05) is 48.5 Å². The molecule has 2 aromatic carbocycles. The average Bonchev–Trinajstić information content (AvgIpc) is 3.10. The van der Waals surface area contributed by atoms with Crippen molar-refractivity contribution in [1.82, 2.24) is 10.2 Å². The van der Waals surface area contributed by atoms with Crippen LogP contribution in [0.1, 0.15) is 5.56 Å². The third-order valence-corrected chi connectivity index (χ3v) is 5.08. The lowest BCUT2D eigenvalue weighted by Gasteiger charge is -2.10. The van der Waals surface area contributed by atoms with Crippen molar-refractivity contribution >= 4 is 34.7 Å². The van der Waals surface area contributed by atoms with Gasteiger partial charge in [0, 0.05) is 4.90 Å². The SMILES string of the molecule is COc1ccc(CC(=O)Nc2ccccc2Sc2nncs2)cc1. The molecule has 0 spiro atoms. The summed E-state index contributed by atoms with van der Waals surface area (Å²) in [4.78, 5) is 13.3. The highest BCUT2D eigenvalue weighted by atomic mass is 32.2. The predicted molar refractivity (Wildman–Crippen MR) is 95.8 cm³/mol. The van der Waals surface area contributed by atoms with Gasteiger partial charge in [-0.2, -0.15) is 0 Å². The topological polar surface area (TPSA) is 64.1 Å². The molecule has 24 heavy (non-hydrogen) atoms. The van der Waals surface area contributed by atoms with Crippen LogP contribution in [-0.2, 0) is 11.2 Å². The van der Waals surface area contributed by atoms with E-state index in [1.165, 1.54) is 23.1 Å². The van der Waals surface area contributed by atoms with Gasteiger partial charge >= 0.3 is 0 Å². The van der Waals surface area contributed by atoms with Crippen molar-refractivity contribution in [1.29, 1.82) is 0 Å². The quantitative estimate of drug-likeness (QED) is 0.725. The number of para-hydroxylation sites is 1. The molecule has 0 atom stereocenters. The third kappa shape index (κ3) is 4.33. The van der Waals surface area contributed by atoms with E-state index in [2.05, 4.69) is 15.5 Å². The van der Waals surface area contributed by atoms with Gasteiger partial charge in [0.15, 0.2) is 4.34 Å². The normalized spacial score (nSPS) is 10.4. The highest BCUT2D eigenvalue weighted by molar-refractivity contribution is 8.01. The highest BCUT2D eigenvalue weighted by Crippen LogP contribution is 2.33. The Hall–Kier alpha value is -2.38. The molecule has 122 valence electrons. The molecule has 0 radical (unpaired) electrons. The molecule has 1 N–H and O–H groups in total. The van der Waals surface area contributed by atoms with Crippen LogP contribution >= 0.6 is 23.1 Å². The first-order chi connectivity index (χ1) is 11.7. The molecule has 1 aromatic heterocycles. The Morgan fingerprint density at radius 2 is 2.00 bits per heavy atom. The molecular formula is C17H15N3O2S2. The molecular weight excluding hydrogens is 342 g/mol. The molecule has 7 heteroatoms. The lowest BCUT2D eigenvalue weighted by molar-refractivity contribution is -0.115. The molecule has 0 fully saturated rings. The zero-order valence-corrected chi connectivity index (χ0v) is 14.6. The number of carbonyl (C=O) groups excluding carboxylic acids is 1. The van der Waals surface area contributed by atoms with Crippen molar-refractivity contribution in [2.45, 2.75) is 15.7 Å². The van der Waals surface area contributed by atoms with Gasteiger partial charge in [-0.05, 0) is 29.8 Å². The molecule has 0 saturated carbocycles. The van der Waals surface area contributed by atoms with Crippen LogP contribution in [0.25, 0.3) is 0 Å². The first kappa shape index (κ1) is 16.5. The van der Waals surface area contributed by atoms with Crippen molar-refractivity contribution in [3.63, 3.8) is 0 Å². The molecule has 3 rings (SSSR count). The monoisotopic (exact) mass is 357 g/mol. The summed E-state index contributed by atoms with van der Waals surface area (Å²) >= 11 is 2.96. The van der Waals surface area contributed by atoms with Crippen LogP contribution in [-0.4, -0.2) is 23.2 Å². The molecule has 5 nitrogen and oxygen atoms in total. The van der Waals surface area contributed by atoms with Crippen molar-refractivity contribution in [2.24, 2.45) is 0 Å². The first-order valence-electron chi connectivity index (χ1n) is 7.20. The standard InChI is InChI=1S/C17H15N3O2S2/c1-22-13-8-6-12(7-9-13)10-16(21)19-14-4-2-3-5-15(14)24-17-20-18-11-23-17/h2-9,11H,10H2,1H3,(H,19,21). The molecule has 0 aliphatic rings. The summed E-state index contributed by atoms with van der Waals surface area (Å²) in [6.07, 6.45) is 0.307. The van der Waals surface area contributed by atoms with Gasteiger partial charge in [-0.3, -0.25) is 4.79 Å². The number of nitrogens with zero attached hydrogens (tertiary/aromatic N) is 2. The largest absolute Gasteiger partial charge is 0.497 e. The van der Waals surface area contributed by atoms with E-state index in [4.69, 9.17) is 4.74 Å². The summed E-state index contributed by atoms with van der Waals surface area (Å²) in [5, 5.41) is 10.8. The molecule has 0 aliphatic carbocycles. The van der Waals surface area contributed by atoms with Gasteiger partial charge in [-0.1, -0.05) is 47.4 Å². The second kappa shape index (κ2) is 7.94. The minimum absolute atomic E-state index is 0.0644. The number of amides is 1. The Bertz CT molecular complexity index is 805. The number of rotatable bonds is 6. The number of methoxy groups -OCH3 is 1. The van der Waals surface area contributed by atoms with E-state index < -0.39 is 0 Å². The van der Waals surface area contributed by atoms with Crippen molar-refractivity contribution in [3.8, 4) is 5.75 Å². The van der Waals surface area contributed by atoms with Gasteiger partial charge in [0.1, 0.15) is 11.3 Å². The fourth-order valence-electron chi connectivity index (χ4n) is 2.08. The molecule has 1 amide bonds. The lowest BCUT2D eigenvalue weighted by Crippen LogP contribution is -2.14. The minimum Gasteiger partial charge on any atom is -0.497 e. The van der Waals surface area contributed by atoms with Crippen LogP contribution in [0.15, 0.2) is 63.3 Å². The number of nitrogens with one attached hydrogen (secondary N) is 1. The van der Waals surface area contributed by atoms with Gasteiger partial charge < -0.3 is 10.1 Å². The molecule has 0 saturated heterocycles. The van der Waals surface area contributed by atoms with Crippen LogP contribution in [0.2, 0.25) is 0 Å². The van der Waals surface area contributed by atoms with E-state index in [-0.39, 0.29) is 5.91 Å². The predicted octanol–water partition coefficient (Wildman–Crippen LogP) is 3.88. The summed E-state index contributed by atoms with van der Waals surface area (Å²) in [5.41, 5.74) is 3.39. The smallest absolute Gasteiger partial charge is 0.228 e. The van der Waals surface area contributed by atoms with E-state index in [0.717, 1.165) is 26.2 Å².